The number of benzene rings is 2. The van der Waals surface area contributed by atoms with Crippen LogP contribution in [-0.2, 0) is 0 Å². The molecule has 0 fully saturated rings. The van der Waals surface area contributed by atoms with Gasteiger partial charge in [-0.05, 0) is 31.5 Å². The zero-order chi connectivity index (χ0) is 18.7. The molecule has 2 N–H and O–H groups in total. The normalized spacial score (nSPS) is 12.8. The van der Waals surface area contributed by atoms with Crippen LogP contribution < -0.4 is 11.2 Å². The molecule has 3 rings (SSSR count). The second-order valence-electron chi connectivity index (χ2n) is 5.93. The molecule has 6 nitrogen and oxygen atoms in total. The molecule has 6 heteroatoms. The van der Waals surface area contributed by atoms with Crippen molar-refractivity contribution in [1.29, 1.82) is 0 Å². The predicted octanol–water partition coefficient (Wildman–Crippen LogP) is 2.80. The van der Waals surface area contributed by atoms with E-state index < -0.39 is 17.1 Å². The van der Waals surface area contributed by atoms with Gasteiger partial charge in [-0.25, -0.2) is 9.36 Å². The number of nitrogens with one attached hydrogen (secondary N) is 1. The van der Waals surface area contributed by atoms with Crippen LogP contribution in [0.2, 0.25) is 0 Å². The highest BCUT2D eigenvalue weighted by atomic mass is 16.3. The Bertz CT molecular complexity index is 1050. The van der Waals surface area contributed by atoms with Crippen molar-refractivity contribution in [3.63, 3.8) is 0 Å². The summed E-state index contributed by atoms with van der Waals surface area (Å²) in [6.45, 7) is 3.54. The van der Waals surface area contributed by atoms with E-state index in [0.717, 1.165) is 10.1 Å². The zero-order valence-corrected chi connectivity index (χ0v) is 14.5. The minimum absolute atomic E-state index is 0.0174. The van der Waals surface area contributed by atoms with Crippen LogP contribution in [0.25, 0.3) is 5.69 Å². The Balaban J connectivity index is 2.12. The molecule has 0 aliphatic rings. The third-order valence-corrected chi connectivity index (χ3v) is 4.13. The molecule has 0 aliphatic carbocycles. The summed E-state index contributed by atoms with van der Waals surface area (Å²) in [6.07, 6.45) is 0. The number of aliphatic imine (C=N–C) groups is 1. The number of hydrogen-bond acceptors (Lipinski definition) is 4. The lowest BCUT2D eigenvalue weighted by atomic mass is 10.1. The van der Waals surface area contributed by atoms with E-state index in [2.05, 4.69) is 9.98 Å². The SMILES string of the molecule is CC(=N[C@@H](C)c1ccccc1)c1c(O)n(-c2ccccc2)c(=O)[nH]c1=O. The van der Waals surface area contributed by atoms with Crippen LogP contribution in [0.3, 0.4) is 0 Å². The van der Waals surface area contributed by atoms with Gasteiger partial charge in [0.2, 0.25) is 5.88 Å². The maximum Gasteiger partial charge on any atom is 0.335 e. The van der Waals surface area contributed by atoms with Crippen LogP contribution in [0.5, 0.6) is 5.88 Å². The first-order valence-corrected chi connectivity index (χ1v) is 8.22. The van der Waals surface area contributed by atoms with Gasteiger partial charge in [-0.1, -0.05) is 48.5 Å². The van der Waals surface area contributed by atoms with Gasteiger partial charge in [0, 0.05) is 0 Å². The number of para-hydroxylation sites is 1. The summed E-state index contributed by atoms with van der Waals surface area (Å²) in [4.78, 5) is 31.3. The molecular weight excluding hydrogens is 330 g/mol. The third kappa shape index (κ3) is 3.35. The largest absolute Gasteiger partial charge is 0.493 e. The average Bonchev–Trinajstić information content (AvgIpc) is 2.63. The van der Waals surface area contributed by atoms with Gasteiger partial charge in [-0.2, -0.15) is 0 Å². The summed E-state index contributed by atoms with van der Waals surface area (Å²) in [5.41, 5.74) is 0.407. The Morgan fingerprint density at radius 1 is 1.04 bits per heavy atom. The molecule has 2 aromatic carbocycles. The topological polar surface area (TPSA) is 87.4 Å². The first kappa shape index (κ1) is 17.4. The lowest BCUT2D eigenvalue weighted by Crippen LogP contribution is -2.32. The molecule has 1 heterocycles. The molecule has 0 aliphatic heterocycles. The van der Waals surface area contributed by atoms with E-state index in [1.165, 1.54) is 0 Å². The number of nitrogens with zero attached hydrogens (tertiary/aromatic N) is 2. The molecule has 0 unspecified atom stereocenters. The summed E-state index contributed by atoms with van der Waals surface area (Å²) in [5, 5.41) is 10.6. The fourth-order valence-electron chi connectivity index (χ4n) is 2.83. The van der Waals surface area contributed by atoms with Crippen molar-refractivity contribution < 1.29 is 5.11 Å². The zero-order valence-electron chi connectivity index (χ0n) is 14.5. The van der Waals surface area contributed by atoms with Crippen LogP contribution in [-0.4, -0.2) is 20.4 Å². The number of aromatic nitrogens is 2. The number of aromatic hydroxyl groups is 1. The van der Waals surface area contributed by atoms with Crippen LogP contribution in [0, 0.1) is 0 Å². The summed E-state index contributed by atoms with van der Waals surface area (Å²) >= 11 is 0. The van der Waals surface area contributed by atoms with Crippen molar-refractivity contribution in [2.45, 2.75) is 19.9 Å². The second-order valence-corrected chi connectivity index (χ2v) is 5.93. The fourth-order valence-corrected chi connectivity index (χ4v) is 2.83. The third-order valence-electron chi connectivity index (χ3n) is 4.13. The highest BCUT2D eigenvalue weighted by molar-refractivity contribution is 6.00. The molecule has 3 aromatic rings. The number of hydrogen-bond donors (Lipinski definition) is 2. The van der Waals surface area contributed by atoms with E-state index in [1.54, 1.807) is 37.3 Å². The average molecular weight is 349 g/mol. The molecule has 1 atom stereocenters. The van der Waals surface area contributed by atoms with E-state index in [9.17, 15) is 14.7 Å². The summed E-state index contributed by atoms with van der Waals surface area (Å²) < 4.78 is 1.06. The fraction of sp³-hybridized carbons (Fsp3) is 0.150. The molecule has 0 radical (unpaired) electrons. The first-order chi connectivity index (χ1) is 12.5. The van der Waals surface area contributed by atoms with E-state index >= 15 is 0 Å². The van der Waals surface area contributed by atoms with Crippen molar-refractivity contribution >= 4 is 5.71 Å². The van der Waals surface area contributed by atoms with Crippen molar-refractivity contribution in [3.05, 3.63) is 92.6 Å². The lowest BCUT2D eigenvalue weighted by molar-refractivity contribution is 0.429. The van der Waals surface area contributed by atoms with E-state index in [0.29, 0.717) is 11.4 Å². The number of aromatic amines is 1. The minimum atomic E-state index is -0.702. The highest BCUT2D eigenvalue weighted by Crippen LogP contribution is 2.20. The second kappa shape index (κ2) is 7.23. The molecule has 0 amide bonds. The van der Waals surface area contributed by atoms with Gasteiger partial charge >= 0.3 is 5.69 Å². The van der Waals surface area contributed by atoms with Gasteiger partial charge in [0.15, 0.2) is 0 Å². The van der Waals surface area contributed by atoms with Crippen LogP contribution in [0.4, 0.5) is 0 Å². The predicted molar refractivity (Wildman–Crippen MR) is 101 cm³/mol. The molecule has 132 valence electrons. The standard InChI is InChI=1S/C20H19N3O3/c1-13(15-9-5-3-6-10-15)21-14(2)17-18(24)22-20(26)23(19(17)25)16-11-7-4-8-12-16/h3-13,25H,1-2H3,(H,22,24,26)/t13-/m0/s1. The Hall–Kier alpha value is -3.41. The van der Waals surface area contributed by atoms with Gasteiger partial charge in [0.25, 0.3) is 5.56 Å². The summed E-state index contributed by atoms with van der Waals surface area (Å²) in [5.74, 6) is -0.425. The smallest absolute Gasteiger partial charge is 0.335 e. The van der Waals surface area contributed by atoms with Gasteiger partial charge < -0.3 is 5.11 Å². The van der Waals surface area contributed by atoms with Gasteiger partial charge in [0.05, 0.1) is 17.4 Å². The Morgan fingerprint density at radius 3 is 2.23 bits per heavy atom. The Morgan fingerprint density at radius 2 is 1.62 bits per heavy atom. The quantitative estimate of drug-likeness (QED) is 0.710. The lowest BCUT2D eigenvalue weighted by Gasteiger charge is -2.13. The molecular formula is C20H19N3O3. The van der Waals surface area contributed by atoms with Gasteiger partial charge in [-0.15, -0.1) is 0 Å². The molecule has 0 saturated heterocycles. The van der Waals surface area contributed by atoms with E-state index in [-0.39, 0.29) is 11.6 Å². The van der Waals surface area contributed by atoms with E-state index in [4.69, 9.17) is 0 Å². The van der Waals surface area contributed by atoms with Crippen LogP contribution in [0.1, 0.15) is 31.0 Å². The van der Waals surface area contributed by atoms with Crippen molar-refractivity contribution in [3.8, 4) is 11.6 Å². The van der Waals surface area contributed by atoms with Crippen LogP contribution in [0.15, 0.2) is 75.2 Å². The monoisotopic (exact) mass is 349 g/mol. The maximum absolute atomic E-state index is 12.3. The van der Waals surface area contributed by atoms with Crippen molar-refractivity contribution in [2.75, 3.05) is 0 Å². The summed E-state index contributed by atoms with van der Waals surface area (Å²) in [6, 6.07) is 18.0. The maximum atomic E-state index is 12.3. The van der Waals surface area contributed by atoms with Gasteiger partial charge in [0.1, 0.15) is 5.56 Å². The molecule has 0 saturated carbocycles. The van der Waals surface area contributed by atoms with Gasteiger partial charge in [-0.3, -0.25) is 14.8 Å². The van der Waals surface area contributed by atoms with Crippen molar-refractivity contribution in [1.82, 2.24) is 9.55 Å². The first-order valence-electron chi connectivity index (χ1n) is 8.22. The molecule has 0 bridgehead atoms. The number of rotatable bonds is 4. The van der Waals surface area contributed by atoms with Crippen molar-refractivity contribution in [2.24, 2.45) is 4.99 Å². The van der Waals surface area contributed by atoms with E-state index in [1.807, 2.05) is 37.3 Å². The molecule has 1 aromatic heterocycles. The van der Waals surface area contributed by atoms with Crippen LogP contribution >= 0.6 is 0 Å². The number of H-pyrrole nitrogens is 1. The molecule has 0 spiro atoms. The highest BCUT2D eigenvalue weighted by Gasteiger charge is 2.18. The Labute approximate surface area is 150 Å². The minimum Gasteiger partial charge on any atom is -0.493 e. The Kier molecular flexibility index (Phi) is 4.84. The summed E-state index contributed by atoms with van der Waals surface area (Å²) in [7, 11) is 0. The molecule has 26 heavy (non-hydrogen) atoms.